The number of benzene rings is 2. The number of carbonyl (C=O) groups is 1. The molecule has 110 valence electrons. The number of aryl methyl sites for hydroxylation is 2. The molecule has 0 bridgehead atoms. The van der Waals surface area contributed by atoms with Gasteiger partial charge in [-0.05, 0) is 44.0 Å². The fourth-order valence-electron chi connectivity index (χ4n) is 2.03. The lowest BCUT2D eigenvalue weighted by Gasteiger charge is -2.18. The van der Waals surface area contributed by atoms with Crippen LogP contribution in [-0.4, -0.2) is 12.0 Å². The second-order valence-electron chi connectivity index (χ2n) is 5.13. The number of ether oxygens (including phenoxy) is 1. The van der Waals surface area contributed by atoms with Gasteiger partial charge in [0.15, 0.2) is 6.10 Å². The third-order valence-electron chi connectivity index (χ3n) is 3.37. The highest BCUT2D eigenvalue weighted by Gasteiger charge is 2.18. The third-order valence-corrected chi connectivity index (χ3v) is 3.37. The zero-order valence-corrected chi connectivity index (χ0v) is 12.7. The minimum Gasteiger partial charge on any atom is -0.481 e. The molecular formula is C18H21NO2. The van der Waals surface area contributed by atoms with Gasteiger partial charge in [0.25, 0.3) is 5.91 Å². The maximum absolute atomic E-state index is 12.3. The molecule has 0 heterocycles. The molecule has 0 aliphatic rings. The summed E-state index contributed by atoms with van der Waals surface area (Å²) in [5.41, 5.74) is 3.03. The molecule has 1 atom stereocenters. The van der Waals surface area contributed by atoms with Crippen LogP contribution in [-0.2, 0) is 4.79 Å². The lowest BCUT2D eigenvalue weighted by Crippen LogP contribution is -2.32. The van der Waals surface area contributed by atoms with Crippen LogP contribution >= 0.6 is 0 Å². The van der Waals surface area contributed by atoms with Gasteiger partial charge < -0.3 is 10.1 Å². The summed E-state index contributed by atoms with van der Waals surface area (Å²) in [6.07, 6.45) is 0.123. The van der Waals surface area contributed by atoms with Gasteiger partial charge in [-0.15, -0.1) is 0 Å². The van der Waals surface area contributed by atoms with E-state index in [-0.39, 0.29) is 5.91 Å². The van der Waals surface area contributed by atoms with Crippen LogP contribution < -0.4 is 10.1 Å². The first-order chi connectivity index (χ1) is 10.1. The van der Waals surface area contributed by atoms with Crippen molar-refractivity contribution in [3.8, 4) is 5.75 Å². The van der Waals surface area contributed by atoms with Crippen LogP contribution in [0.3, 0.4) is 0 Å². The Morgan fingerprint density at radius 1 is 1.10 bits per heavy atom. The van der Waals surface area contributed by atoms with Gasteiger partial charge in [-0.3, -0.25) is 4.79 Å². The van der Waals surface area contributed by atoms with E-state index in [2.05, 4.69) is 5.32 Å². The smallest absolute Gasteiger partial charge is 0.265 e. The standard InChI is InChI=1S/C18H21NO2/c1-4-17(21-15-11-9-13(2)10-12-15)18(20)19-16-8-6-5-7-14(16)3/h5-12,17H,4H2,1-3H3,(H,19,20)/t17-/m0/s1. The Labute approximate surface area is 126 Å². The molecule has 2 rings (SSSR count). The maximum atomic E-state index is 12.3. The lowest BCUT2D eigenvalue weighted by atomic mass is 10.2. The average Bonchev–Trinajstić information content (AvgIpc) is 2.49. The van der Waals surface area contributed by atoms with Crippen molar-refractivity contribution in [3.05, 3.63) is 59.7 Å². The molecule has 1 N–H and O–H groups in total. The number of amides is 1. The molecule has 0 aromatic heterocycles. The number of rotatable bonds is 5. The summed E-state index contributed by atoms with van der Waals surface area (Å²) >= 11 is 0. The van der Waals surface area contributed by atoms with Crippen molar-refractivity contribution in [2.24, 2.45) is 0 Å². The molecule has 0 saturated heterocycles. The second kappa shape index (κ2) is 6.93. The monoisotopic (exact) mass is 283 g/mol. The van der Waals surface area contributed by atoms with Crippen LogP contribution in [0.2, 0.25) is 0 Å². The predicted octanol–water partition coefficient (Wildman–Crippen LogP) is 4.10. The molecule has 2 aromatic rings. The molecular weight excluding hydrogens is 262 g/mol. The van der Waals surface area contributed by atoms with Gasteiger partial charge in [0.2, 0.25) is 0 Å². The molecule has 3 heteroatoms. The number of anilines is 1. The molecule has 21 heavy (non-hydrogen) atoms. The number of hydrogen-bond acceptors (Lipinski definition) is 2. The Balaban J connectivity index is 2.05. The Morgan fingerprint density at radius 3 is 2.38 bits per heavy atom. The SMILES string of the molecule is CC[C@H](Oc1ccc(C)cc1)C(=O)Nc1ccccc1C. The predicted molar refractivity (Wildman–Crippen MR) is 85.7 cm³/mol. The molecule has 0 spiro atoms. The van der Waals surface area contributed by atoms with Crippen molar-refractivity contribution >= 4 is 11.6 Å². The highest BCUT2D eigenvalue weighted by molar-refractivity contribution is 5.94. The minimum absolute atomic E-state index is 0.118. The third kappa shape index (κ3) is 4.09. The van der Waals surface area contributed by atoms with Gasteiger partial charge in [-0.1, -0.05) is 42.8 Å². The van der Waals surface area contributed by atoms with Crippen LogP contribution in [0.1, 0.15) is 24.5 Å². The van der Waals surface area contributed by atoms with E-state index in [1.807, 2.05) is 69.3 Å². The van der Waals surface area contributed by atoms with Gasteiger partial charge in [0, 0.05) is 5.69 Å². The van der Waals surface area contributed by atoms with Crippen molar-refractivity contribution in [1.82, 2.24) is 0 Å². The number of para-hydroxylation sites is 1. The van der Waals surface area contributed by atoms with E-state index in [0.29, 0.717) is 12.2 Å². The fraction of sp³-hybridized carbons (Fsp3) is 0.278. The van der Waals surface area contributed by atoms with E-state index in [4.69, 9.17) is 4.74 Å². The van der Waals surface area contributed by atoms with Crippen molar-refractivity contribution in [2.45, 2.75) is 33.3 Å². The van der Waals surface area contributed by atoms with Gasteiger partial charge >= 0.3 is 0 Å². The molecule has 0 unspecified atom stereocenters. The van der Waals surface area contributed by atoms with Crippen LogP contribution in [0.25, 0.3) is 0 Å². The number of carbonyl (C=O) groups excluding carboxylic acids is 1. The number of hydrogen-bond donors (Lipinski definition) is 1. The van der Waals surface area contributed by atoms with E-state index in [1.165, 1.54) is 5.56 Å². The first kappa shape index (κ1) is 15.1. The van der Waals surface area contributed by atoms with Crippen molar-refractivity contribution < 1.29 is 9.53 Å². The Hall–Kier alpha value is -2.29. The average molecular weight is 283 g/mol. The van der Waals surface area contributed by atoms with Gasteiger partial charge in [0.05, 0.1) is 0 Å². The van der Waals surface area contributed by atoms with E-state index >= 15 is 0 Å². The maximum Gasteiger partial charge on any atom is 0.265 e. The largest absolute Gasteiger partial charge is 0.481 e. The molecule has 0 radical (unpaired) electrons. The highest BCUT2D eigenvalue weighted by Crippen LogP contribution is 2.17. The summed E-state index contributed by atoms with van der Waals surface area (Å²) in [4.78, 5) is 12.3. The van der Waals surface area contributed by atoms with Crippen LogP contribution in [0.4, 0.5) is 5.69 Å². The van der Waals surface area contributed by atoms with Crippen LogP contribution in [0, 0.1) is 13.8 Å². The van der Waals surface area contributed by atoms with E-state index < -0.39 is 6.10 Å². The lowest BCUT2D eigenvalue weighted by molar-refractivity contribution is -0.122. The van der Waals surface area contributed by atoms with Crippen molar-refractivity contribution in [3.63, 3.8) is 0 Å². The van der Waals surface area contributed by atoms with Crippen molar-refractivity contribution in [2.75, 3.05) is 5.32 Å². The molecule has 0 aliphatic heterocycles. The van der Waals surface area contributed by atoms with E-state index in [0.717, 1.165) is 11.3 Å². The summed E-state index contributed by atoms with van der Waals surface area (Å²) < 4.78 is 5.78. The van der Waals surface area contributed by atoms with E-state index in [1.54, 1.807) is 0 Å². The normalized spacial score (nSPS) is 11.8. The molecule has 2 aromatic carbocycles. The van der Waals surface area contributed by atoms with E-state index in [9.17, 15) is 4.79 Å². The minimum atomic E-state index is -0.493. The molecule has 0 saturated carbocycles. The molecule has 1 amide bonds. The Morgan fingerprint density at radius 2 is 1.76 bits per heavy atom. The summed E-state index contributed by atoms with van der Waals surface area (Å²) in [7, 11) is 0. The summed E-state index contributed by atoms with van der Waals surface area (Å²) in [6, 6.07) is 15.4. The Bertz CT molecular complexity index is 605. The quantitative estimate of drug-likeness (QED) is 0.897. The second-order valence-corrected chi connectivity index (χ2v) is 5.13. The summed E-state index contributed by atoms with van der Waals surface area (Å²) in [6.45, 7) is 5.93. The van der Waals surface area contributed by atoms with Gasteiger partial charge in [-0.25, -0.2) is 0 Å². The molecule has 3 nitrogen and oxygen atoms in total. The van der Waals surface area contributed by atoms with Crippen LogP contribution in [0.5, 0.6) is 5.75 Å². The first-order valence-electron chi connectivity index (χ1n) is 7.20. The number of nitrogens with one attached hydrogen (secondary N) is 1. The van der Waals surface area contributed by atoms with Crippen molar-refractivity contribution in [1.29, 1.82) is 0 Å². The zero-order valence-electron chi connectivity index (χ0n) is 12.7. The topological polar surface area (TPSA) is 38.3 Å². The molecule has 0 fully saturated rings. The summed E-state index contributed by atoms with van der Waals surface area (Å²) in [5, 5.41) is 2.93. The highest BCUT2D eigenvalue weighted by atomic mass is 16.5. The van der Waals surface area contributed by atoms with Crippen LogP contribution in [0.15, 0.2) is 48.5 Å². The summed E-state index contributed by atoms with van der Waals surface area (Å²) in [5.74, 6) is 0.597. The first-order valence-corrected chi connectivity index (χ1v) is 7.20. The Kier molecular flexibility index (Phi) is 4.99. The molecule has 0 aliphatic carbocycles. The zero-order chi connectivity index (χ0) is 15.2. The fourth-order valence-corrected chi connectivity index (χ4v) is 2.03. The van der Waals surface area contributed by atoms with Gasteiger partial charge in [0.1, 0.15) is 5.75 Å². The van der Waals surface area contributed by atoms with Gasteiger partial charge in [-0.2, -0.15) is 0 Å².